The molecule has 1 aromatic heterocycles. The highest BCUT2D eigenvalue weighted by Gasteiger charge is 2.13. The number of nitrogens with zero attached hydrogens (tertiary/aromatic N) is 2. The maximum absolute atomic E-state index is 13.8. The number of aromatic nitrogens is 2. The minimum Gasteiger partial charge on any atom is -0.384 e. The van der Waals surface area contributed by atoms with Crippen LogP contribution in [-0.4, -0.2) is 9.78 Å². The first kappa shape index (κ1) is 13.9. The van der Waals surface area contributed by atoms with Crippen LogP contribution < -0.4 is 5.73 Å². The number of nitrogen functional groups attached to an aromatic ring is 1. The van der Waals surface area contributed by atoms with E-state index in [1.54, 1.807) is 42.5 Å². The van der Waals surface area contributed by atoms with Gasteiger partial charge in [-0.05, 0) is 30.3 Å². The molecule has 0 unspecified atom stereocenters. The molecule has 1 heterocycles. The summed E-state index contributed by atoms with van der Waals surface area (Å²) in [5.41, 5.74) is 7.36. The van der Waals surface area contributed by atoms with Crippen LogP contribution in [0, 0.1) is 5.82 Å². The Morgan fingerprint density at radius 2 is 1.81 bits per heavy atom. The lowest BCUT2D eigenvalue weighted by atomic mass is 10.1. The van der Waals surface area contributed by atoms with Crippen LogP contribution in [0.3, 0.4) is 0 Å². The summed E-state index contributed by atoms with van der Waals surface area (Å²) in [7, 11) is 0. The highest BCUT2D eigenvalue weighted by atomic mass is 35.5. The summed E-state index contributed by atoms with van der Waals surface area (Å²) in [5, 5.41) is 5.26. The van der Waals surface area contributed by atoms with E-state index >= 15 is 0 Å². The van der Waals surface area contributed by atoms with Crippen LogP contribution in [-0.2, 0) is 0 Å². The molecule has 3 rings (SSSR count). The number of anilines is 1. The van der Waals surface area contributed by atoms with Crippen molar-refractivity contribution in [3.8, 4) is 16.9 Å². The molecule has 0 aliphatic heterocycles. The molecule has 2 aromatic carbocycles. The van der Waals surface area contributed by atoms with Crippen LogP contribution in [0.2, 0.25) is 10.0 Å². The van der Waals surface area contributed by atoms with E-state index in [0.29, 0.717) is 32.8 Å². The second-order valence-corrected chi connectivity index (χ2v) is 5.29. The van der Waals surface area contributed by atoms with E-state index < -0.39 is 0 Å². The van der Waals surface area contributed by atoms with Crippen molar-refractivity contribution in [2.45, 2.75) is 0 Å². The van der Waals surface area contributed by atoms with Crippen molar-refractivity contribution in [1.82, 2.24) is 9.78 Å². The molecule has 3 aromatic rings. The van der Waals surface area contributed by atoms with Crippen LogP contribution >= 0.6 is 23.2 Å². The lowest BCUT2D eigenvalue weighted by Crippen LogP contribution is -2.02. The zero-order chi connectivity index (χ0) is 15.0. The fourth-order valence-corrected chi connectivity index (χ4v) is 2.53. The molecule has 0 atom stereocenters. The molecule has 0 saturated carbocycles. The summed E-state index contributed by atoms with van der Waals surface area (Å²) >= 11 is 12.0. The summed E-state index contributed by atoms with van der Waals surface area (Å²) in [6, 6.07) is 13.0. The Morgan fingerprint density at radius 1 is 1.05 bits per heavy atom. The van der Waals surface area contributed by atoms with E-state index in [9.17, 15) is 4.39 Å². The molecule has 0 aliphatic rings. The lowest BCUT2D eigenvalue weighted by Gasteiger charge is -2.06. The summed E-state index contributed by atoms with van der Waals surface area (Å²) in [4.78, 5) is 0. The standard InChI is InChI=1S/C15H10Cl2FN3/c16-9-5-6-14(11(17)7-9)21-15(19)8-13(20-21)10-3-1-2-4-12(10)18/h1-8H,19H2. The van der Waals surface area contributed by atoms with Crippen LogP contribution in [0.15, 0.2) is 48.5 Å². The van der Waals surface area contributed by atoms with E-state index in [2.05, 4.69) is 5.10 Å². The number of benzene rings is 2. The lowest BCUT2D eigenvalue weighted by molar-refractivity contribution is 0.630. The fourth-order valence-electron chi connectivity index (χ4n) is 2.04. The van der Waals surface area contributed by atoms with Crippen LogP contribution in [0.5, 0.6) is 0 Å². The first-order valence-corrected chi connectivity index (χ1v) is 6.88. The molecule has 0 bridgehead atoms. The van der Waals surface area contributed by atoms with Crippen LogP contribution in [0.4, 0.5) is 10.2 Å². The third-order valence-corrected chi connectivity index (χ3v) is 3.56. The maximum atomic E-state index is 13.8. The minimum atomic E-state index is -0.357. The van der Waals surface area contributed by atoms with Gasteiger partial charge in [0.25, 0.3) is 0 Å². The number of hydrogen-bond acceptors (Lipinski definition) is 2. The third-order valence-electron chi connectivity index (χ3n) is 3.02. The Labute approximate surface area is 130 Å². The zero-order valence-corrected chi connectivity index (χ0v) is 12.2. The summed E-state index contributed by atoms with van der Waals surface area (Å²) in [6.07, 6.45) is 0. The van der Waals surface area contributed by atoms with Crippen molar-refractivity contribution in [2.75, 3.05) is 5.73 Å². The van der Waals surface area contributed by atoms with Crippen molar-refractivity contribution in [1.29, 1.82) is 0 Å². The molecular formula is C15H10Cl2FN3. The van der Waals surface area contributed by atoms with E-state index in [1.807, 2.05) is 0 Å². The molecule has 0 saturated heterocycles. The Balaban J connectivity index is 2.12. The van der Waals surface area contributed by atoms with E-state index in [-0.39, 0.29) is 5.82 Å². The average molecular weight is 322 g/mol. The van der Waals surface area contributed by atoms with Crippen molar-refractivity contribution < 1.29 is 4.39 Å². The Morgan fingerprint density at radius 3 is 2.52 bits per heavy atom. The van der Waals surface area contributed by atoms with E-state index in [1.165, 1.54) is 10.7 Å². The number of halogens is 3. The zero-order valence-electron chi connectivity index (χ0n) is 10.7. The molecule has 106 valence electrons. The van der Waals surface area contributed by atoms with Gasteiger partial charge in [-0.3, -0.25) is 0 Å². The maximum Gasteiger partial charge on any atom is 0.132 e. The second-order valence-electron chi connectivity index (χ2n) is 4.44. The average Bonchev–Trinajstić information content (AvgIpc) is 2.81. The molecule has 2 N–H and O–H groups in total. The molecule has 3 nitrogen and oxygen atoms in total. The summed E-state index contributed by atoms with van der Waals surface area (Å²) < 4.78 is 15.3. The molecule has 6 heteroatoms. The number of nitrogens with two attached hydrogens (primary N) is 1. The van der Waals surface area contributed by atoms with Gasteiger partial charge in [0.15, 0.2) is 0 Å². The predicted molar refractivity (Wildman–Crippen MR) is 83.4 cm³/mol. The van der Waals surface area contributed by atoms with Gasteiger partial charge in [0.1, 0.15) is 11.6 Å². The van der Waals surface area contributed by atoms with Gasteiger partial charge < -0.3 is 5.73 Å². The second kappa shape index (κ2) is 5.39. The molecule has 0 fully saturated rings. The van der Waals surface area contributed by atoms with Crippen molar-refractivity contribution in [3.05, 3.63) is 64.4 Å². The monoisotopic (exact) mass is 321 g/mol. The number of rotatable bonds is 2. The van der Waals surface area contributed by atoms with Gasteiger partial charge in [-0.2, -0.15) is 5.10 Å². The first-order chi connectivity index (χ1) is 10.1. The Kier molecular flexibility index (Phi) is 3.57. The van der Waals surface area contributed by atoms with Gasteiger partial charge in [-0.1, -0.05) is 35.3 Å². The van der Waals surface area contributed by atoms with Crippen molar-refractivity contribution in [2.24, 2.45) is 0 Å². The van der Waals surface area contributed by atoms with Gasteiger partial charge in [0.2, 0.25) is 0 Å². The normalized spacial score (nSPS) is 10.8. The molecular weight excluding hydrogens is 312 g/mol. The Bertz CT molecular complexity index is 814. The topological polar surface area (TPSA) is 43.8 Å². The fraction of sp³-hybridized carbons (Fsp3) is 0. The van der Waals surface area contributed by atoms with Gasteiger partial charge in [0, 0.05) is 16.7 Å². The highest BCUT2D eigenvalue weighted by Crippen LogP contribution is 2.29. The van der Waals surface area contributed by atoms with E-state index in [0.717, 1.165) is 0 Å². The van der Waals surface area contributed by atoms with Crippen LogP contribution in [0.25, 0.3) is 16.9 Å². The largest absolute Gasteiger partial charge is 0.384 e. The molecule has 0 spiro atoms. The molecule has 0 amide bonds. The smallest absolute Gasteiger partial charge is 0.132 e. The van der Waals surface area contributed by atoms with Gasteiger partial charge in [0.05, 0.1) is 16.4 Å². The Hall–Kier alpha value is -2.04. The number of hydrogen-bond donors (Lipinski definition) is 1. The highest BCUT2D eigenvalue weighted by molar-refractivity contribution is 6.35. The quantitative estimate of drug-likeness (QED) is 0.751. The van der Waals surface area contributed by atoms with Gasteiger partial charge in [-0.25, -0.2) is 9.07 Å². The third kappa shape index (κ3) is 2.60. The minimum absolute atomic E-state index is 0.357. The molecule has 0 radical (unpaired) electrons. The van der Waals surface area contributed by atoms with Gasteiger partial charge >= 0.3 is 0 Å². The summed E-state index contributed by atoms with van der Waals surface area (Å²) in [6.45, 7) is 0. The van der Waals surface area contributed by atoms with E-state index in [4.69, 9.17) is 28.9 Å². The van der Waals surface area contributed by atoms with Gasteiger partial charge in [-0.15, -0.1) is 0 Å². The molecule has 21 heavy (non-hydrogen) atoms. The molecule has 0 aliphatic carbocycles. The van der Waals surface area contributed by atoms with Crippen molar-refractivity contribution in [3.63, 3.8) is 0 Å². The first-order valence-electron chi connectivity index (χ1n) is 6.12. The summed E-state index contributed by atoms with van der Waals surface area (Å²) in [5.74, 6) is 0.00169. The van der Waals surface area contributed by atoms with Crippen molar-refractivity contribution >= 4 is 29.0 Å². The van der Waals surface area contributed by atoms with Crippen LogP contribution in [0.1, 0.15) is 0 Å². The predicted octanol–water partition coefficient (Wildman–Crippen LogP) is 4.57. The SMILES string of the molecule is Nc1cc(-c2ccccc2F)nn1-c1ccc(Cl)cc1Cl.